The summed E-state index contributed by atoms with van der Waals surface area (Å²) in [6, 6.07) is 6.23. The van der Waals surface area contributed by atoms with Crippen molar-refractivity contribution < 1.29 is 9.13 Å². The Morgan fingerprint density at radius 3 is 2.40 bits per heavy atom. The lowest BCUT2D eigenvalue weighted by atomic mass is 9.89. The van der Waals surface area contributed by atoms with Gasteiger partial charge in [0.1, 0.15) is 11.9 Å². The highest BCUT2D eigenvalue weighted by Crippen LogP contribution is 2.32. The number of aliphatic imine (C=N–C) groups is 2. The Morgan fingerprint density at radius 1 is 1.10 bits per heavy atom. The highest BCUT2D eigenvalue weighted by molar-refractivity contribution is 6.17. The maximum atomic E-state index is 14.1. The molecule has 2 heterocycles. The van der Waals surface area contributed by atoms with Gasteiger partial charge in [0.15, 0.2) is 11.6 Å². The molecular formula is C22H25FN6O. The molecule has 0 amide bonds. The molecule has 0 saturated heterocycles. The molecule has 30 heavy (non-hydrogen) atoms. The average molecular weight is 408 g/mol. The number of pyridine rings is 1. The van der Waals surface area contributed by atoms with Gasteiger partial charge in [0, 0.05) is 43.4 Å². The standard InChI is InChI=1S/C22H25FN6O/c1-12-18-8-16(23)4-5-17(18)21(28-3)14(10-25)6-13(9-24)20(27-2)15-7-19(30-12)22(26)29-11-15/h4-5,7-12H,6,24-25H2,1-3H3,(H2,26,29). The number of hydrogen-bond donors (Lipinski definition) is 3. The van der Waals surface area contributed by atoms with E-state index in [1.165, 1.54) is 24.5 Å². The van der Waals surface area contributed by atoms with E-state index < -0.39 is 6.10 Å². The zero-order valence-electron chi connectivity index (χ0n) is 17.2. The minimum absolute atomic E-state index is 0.223. The quantitative estimate of drug-likeness (QED) is 0.618. The lowest BCUT2D eigenvalue weighted by molar-refractivity contribution is 0.227. The summed E-state index contributed by atoms with van der Waals surface area (Å²) < 4.78 is 20.2. The first-order valence-corrected chi connectivity index (χ1v) is 9.41. The largest absolute Gasteiger partial charge is 0.482 e. The van der Waals surface area contributed by atoms with E-state index in [4.69, 9.17) is 21.9 Å². The number of allylic oxidation sites excluding steroid dienone is 2. The lowest BCUT2D eigenvalue weighted by Gasteiger charge is -2.23. The van der Waals surface area contributed by atoms with E-state index >= 15 is 0 Å². The van der Waals surface area contributed by atoms with Crippen LogP contribution in [0.1, 0.15) is 36.1 Å². The van der Waals surface area contributed by atoms with Crippen molar-refractivity contribution in [2.75, 3.05) is 19.8 Å². The van der Waals surface area contributed by atoms with Crippen molar-refractivity contribution in [3.05, 3.63) is 76.5 Å². The molecule has 6 N–H and O–H groups in total. The molecule has 1 unspecified atom stereocenters. The number of aromatic nitrogens is 1. The van der Waals surface area contributed by atoms with Crippen molar-refractivity contribution in [1.82, 2.24) is 4.98 Å². The Hall–Kier alpha value is -3.68. The van der Waals surface area contributed by atoms with Gasteiger partial charge < -0.3 is 21.9 Å². The molecule has 156 valence electrons. The van der Waals surface area contributed by atoms with E-state index in [0.29, 0.717) is 40.3 Å². The molecule has 0 saturated carbocycles. The summed E-state index contributed by atoms with van der Waals surface area (Å²) in [7, 11) is 3.33. The Balaban J connectivity index is 2.32. The monoisotopic (exact) mass is 408 g/mol. The van der Waals surface area contributed by atoms with Gasteiger partial charge >= 0.3 is 0 Å². The lowest BCUT2D eigenvalue weighted by Crippen LogP contribution is -2.19. The number of benzene rings is 1. The van der Waals surface area contributed by atoms with Crippen molar-refractivity contribution in [1.29, 1.82) is 0 Å². The van der Waals surface area contributed by atoms with E-state index in [1.807, 2.05) is 6.92 Å². The van der Waals surface area contributed by atoms with Crippen LogP contribution in [-0.4, -0.2) is 30.5 Å². The Kier molecular flexibility index (Phi) is 6.15. The number of ether oxygens (including phenoxy) is 1. The number of fused-ring (bicyclic) bond motifs is 3. The first kappa shape index (κ1) is 21.0. The van der Waals surface area contributed by atoms with E-state index in [1.54, 1.807) is 32.4 Å². The fraction of sp³-hybridized carbons (Fsp3) is 0.227. The fourth-order valence-electron chi connectivity index (χ4n) is 3.56. The number of halogens is 1. The molecule has 1 aromatic heterocycles. The van der Waals surface area contributed by atoms with E-state index in [0.717, 1.165) is 11.1 Å². The molecule has 1 aliphatic heterocycles. The van der Waals surface area contributed by atoms with Gasteiger partial charge in [0.25, 0.3) is 0 Å². The molecule has 0 fully saturated rings. The highest BCUT2D eigenvalue weighted by atomic mass is 19.1. The third-order valence-corrected chi connectivity index (χ3v) is 5.00. The number of nitrogen functional groups attached to an aromatic ring is 1. The SMILES string of the molecule is CN=C1C(=CN)CC(=CN)C(=NC)c2ccc(F)cc2C(C)Oc2cc1cnc2N. The number of nitrogens with zero attached hydrogens (tertiary/aromatic N) is 3. The number of nitrogens with two attached hydrogens (primary N) is 3. The molecule has 8 heteroatoms. The first-order valence-electron chi connectivity index (χ1n) is 9.41. The van der Waals surface area contributed by atoms with Crippen molar-refractivity contribution in [3.8, 4) is 5.75 Å². The highest BCUT2D eigenvalue weighted by Gasteiger charge is 2.24. The Labute approximate surface area is 174 Å². The van der Waals surface area contributed by atoms with Crippen LogP contribution in [0.2, 0.25) is 0 Å². The van der Waals surface area contributed by atoms with Gasteiger partial charge in [0.2, 0.25) is 0 Å². The Morgan fingerprint density at radius 2 is 1.77 bits per heavy atom. The van der Waals surface area contributed by atoms with E-state index in [-0.39, 0.29) is 11.6 Å². The smallest absolute Gasteiger partial charge is 0.166 e. The maximum absolute atomic E-state index is 14.1. The molecule has 7 nitrogen and oxygen atoms in total. The molecule has 1 aliphatic rings. The third kappa shape index (κ3) is 3.89. The second-order valence-corrected chi connectivity index (χ2v) is 6.80. The van der Waals surface area contributed by atoms with Crippen LogP contribution < -0.4 is 21.9 Å². The fourth-order valence-corrected chi connectivity index (χ4v) is 3.56. The zero-order chi connectivity index (χ0) is 21.8. The molecule has 0 radical (unpaired) electrons. The van der Waals surface area contributed by atoms with Gasteiger partial charge in [-0.3, -0.25) is 9.98 Å². The van der Waals surface area contributed by atoms with Gasteiger partial charge in [-0.1, -0.05) is 0 Å². The van der Waals surface area contributed by atoms with Crippen molar-refractivity contribution in [3.63, 3.8) is 0 Å². The van der Waals surface area contributed by atoms with Gasteiger partial charge in [-0.05, 0) is 54.7 Å². The van der Waals surface area contributed by atoms with Crippen molar-refractivity contribution in [2.45, 2.75) is 19.4 Å². The molecule has 3 rings (SSSR count). The second kappa shape index (κ2) is 8.77. The van der Waals surface area contributed by atoms with Crippen LogP contribution in [0, 0.1) is 5.82 Å². The molecular weight excluding hydrogens is 383 g/mol. The van der Waals surface area contributed by atoms with Crippen LogP contribution in [-0.2, 0) is 0 Å². The number of anilines is 1. The van der Waals surface area contributed by atoms with Crippen molar-refractivity contribution >= 4 is 17.2 Å². The van der Waals surface area contributed by atoms with E-state index in [9.17, 15) is 4.39 Å². The summed E-state index contributed by atoms with van der Waals surface area (Å²) in [5.41, 5.74) is 22.7. The maximum Gasteiger partial charge on any atom is 0.166 e. The number of rotatable bonds is 0. The van der Waals surface area contributed by atoms with Crippen molar-refractivity contribution in [2.24, 2.45) is 21.5 Å². The molecule has 2 bridgehead atoms. The van der Waals surface area contributed by atoms with Crippen LogP contribution in [0.25, 0.3) is 0 Å². The molecule has 1 atom stereocenters. The molecule has 2 aromatic rings. The topological polar surface area (TPSA) is 125 Å². The normalized spacial score (nSPS) is 22.5. The van der Waals surface area contributed by atoms with Crippen LogP contribution in [0.4, 0.5) is 10.2 Å². The molecule has 0 spiro atoms. The summed E-state index contributed by atoms with van der Waals surface area (Å²) in [5, 5.41) is 0. The van der Waals surface area contributed by atoms with Crippen LogP contribution >= 0.6 is 0 Å². The summed E-state index contributed by atoms with van der Waals surface area (Å²) in [5.74, 6) is 0.215. The molecule has 0 aliphatic carbocycles. The average Bonchev–Trinajstić information content (AvgIpc) is 2.74. The van der Waals surface area contributed by atoms with Crippen LogP contribution in [0.15, 0.2) is 64.0 Å². The summed E-state index contributed by atoms with van der Waals surface area (Å²) >= 11 is 0. The van der Waals surface area contributed by atoms with Gasteiger partial charge in [-0.2, -0.15) is 0 Å². The van der Waals surface area contributed by atoms with Crippen LogP contribution in [0.5, 0.6) is 5.75 Å². The first-order chi connectivity index (χ1) is 14.4. The zero-order valence-corrected chi connectivity index (χ0v) is 17.2. The van der Waals surface area contributed by atoms with Gasteiger partial charge in [-0.25, -0.2) is 9.37 Å². The Bertz CT molecular complexity index is 1090. The predicted molar refractivity (Wildman–Crippen MR) is 118 cm³/mol. The third-order valence-electron chi connectivity index (χ3n) is 5.00. The summed E-state index contributed by atoms with van der Waals surface area (Å²) in [6.45, 7) is 1.81. The summed E-state index contributed by atoms with van der Waals surface area (Å²) in [6.07, 6.45) is 4.42. The number of hydrogen-bond acceptors (Lipinski definition) is 7. The molecule has 1 aromatic carbocycles. The second-order valence-electron chi connectivity index (χ2n) is 6.80. The minimum atomic E-state index is -0.531. The van der Waals surface area contributed by atoms with Gasteiger partial charge in [0.05, 0.1) is 11.4 Å². The minimum Gasteiger partial charge on any atom is -0.482 e. The van der Waals surface area contributed by atoms with E-state index in [2.05, 4.69) is 15.0 Å². The van der Waals surface area contributed by atoms with Crippen LogP contribution in [0.3, 0.4) is 0 Å². The summed E-state index contributed by atoms with van der Waals surface area (Å²) in [4.78, 5) is 13.1. The predicted octanol–water partition coefficient (Wildman–Crippen LogP) is 2.87. The van der Waals surface area contributed by atoms with Gasteiger partial charge in [-0.15, -0.1) is 0 Å².